The Kier molecular flexibility index (Phi) is 2.80. The van der Waals surface area contributed by atoms with Crippen molar-refractivity contribution < 1.29 is 9.53 Å². The third-order valence-electron chi connectivity index (χ3n) is 2.14. The topological polar surface area (TPSA) is 38.7 Å². The smallest absolute Gasteiger partial charge is 0.237 e. The third kappa shape index (κ3) is 1.88. The summed E-state index contributed by atoms with van der Waals surface area (Å²) in [5.41, 5.74) is 0. The van der Waals surface area contributed by atoms with Crippen LogP contribution in [0.5, 0.6) is 0 Å². The second kappa shape index (κ2) is 3.65. The Balaban J connectivity index is 2.48. The van der Waals surface area contributed by atoms with Gasteiger partial charge in [0.05, 0.1) is 6.10 Å². The summed E-state index contributed by atoms with van der Waals surface area (Å²) in [7, 11) is 0. The Morgan fingerprint density at radius 3 is 2.91 bits per heavy atom. The van der Waals surface area contributed by atoms with Gasteiger partial charge in [0.1, 0.15) is 0 Å². The summed E-state index contributed by atoms with van der Waals surface area (Å²) < 4.78 is 5.43. The van der Waals surface area contributed by atoms with E-state index in [1.54, 1.807) is 0 Å². The molecule has 1 aliphatic rings. The fourth-order valence-electron chi connectivity index (χ4n) is 1.50. The summed E-state index contributed by atoms with van der Waals surface area (Å²) in [6, 6.07) is 0. The average molecular weight is 155 g/mol. The number of aliphatic imine (C=N–C) groups is 1. The molecule has 1 fully saturated rings. The fourth-order valence-corrected chi connectivity index (χ4v) is 1.50. The van der Waals surface area contributed by atoms with Gasteiger partial charge in [-0.25, -0.2) is 4.79 Å². The van der Waals surface area contributed by atoms with E-state index in [0.717, 1.165) is 12.8 Å². The Labute approximate surface area is 66.5 Å². The first-order valence-corrected chi connectivity index (χ1v) is 4.00. The third-order valence-corrected chi connectivity index (χ3v) is 2.14. The van der Waals surface area contributed by atoms with E-state index in [-0.39, 0.29) is 12.3 Å². The molecule has 0 aromatic rings. The largest absolute Gasteiger partial charge is 0.352 e. The van der Waals surface area contributed by atoms with E-state index in [1.165, 1.54) is 6.08 Å². The van der Waals surface area contributed by atoms with Gasteiger partial charge in [-0.2, -0.15) is 4.99 Å². The zero-order valence-electron chi connectivity index (χ0n) is 6.91. The highest BCUT2D eigenvalue weighted by Crippen LogP contribution is 2.28. The molecule has 0 bridgehead atoms. The van der Waals surface area contributed by atoms with E-state index >= 15 is 0 Å². The molecule has 0 saturated carbocycles. The second-order valence-corrected chi connectivity index (χ2v) is 2.97. The SMILES string of the molecule is CC[C@H]1O[C@@H](N=C=O)C[C@H]1C. The molecule has 0 spiro atoms. The van der Waals surface area contributed by atoms with Crippen molar-refractivity contribution in [2.45, 2.75) is 39.0 Å². The van der Waals surface area contributed by atoms with E-state index in [1.807, 2.05) is 0 Å². The van der Waals surface area contributed by atoms with Crippen molar-refractivity contribution >= 4 is 6.08 Å². The van der Waals surface area contributed by atoms with Crippen LogP contribution in [-0.2, 0) is 9.53 Å². The van der Waals surface area contributed by atoms with Crippen LogP contribution < -0.4 is 0 Å². The summed E-state index contributed by atoms with van der Waals surface area (Å²) in [6.45, 7) is 4.20. The van der Waals surface area contributed by atoms with Gasteiger partial charge in [-0.1, -0.05) is 13.8 Å². The number of hydrogen-bond acceptors (Lipinski definition) is 3. The van der Waals surface area contributed by atoms with Gasteiger partial charge in [0.25, 0.3) is 0 Å². The number of isocyanates is 1. The van der Waals surface area contributed by atoms with Gasteiger partial charge >= 0.3 is 0 Å². The lowest BCUT2D eigenvalue weighted by molar-refractivity contribution is 0.0391. The van der Waals surface area contributed by atoms with Gasteiger partial charge in [0.2, 0.25) is 6.08 Å². The summed E-state index contributed by atoms with van der Waals surface area (Å²) in [4.78, 5) is 13.4. The molecule has 0 unspecified atom stereocenters. The van der Waals surface area contributed by atoms with Gasteiger partial charge in [-0.15, -0.1) is 0 Å². The van der Waals surface area contributed by atoms with Crippen molar-refractivity contribution in [1.29, 1.82) is 0 Å². The molecule has 0 aromatic carbocycles. The van der Waals surface area contributed by atoms with Crippen LogP contribution in [0.3, 0.4) is 0 Å². The van der Waals surface area contributed by atoms with Gasteiger partial charge in [0, 0.05) is 0 Å². The predicted molar refractivity (Wildman–Crippen MR) is 40.9 cm³/mol. The van der Waals surface area contributed by atoms with Crippen LogP contribution in [0.2, 0.25) is 0 Å². The number of rotatable bonds is 2. The molecule has 0 N–H and O–H groups in total. The van der Waals surface area contributed by atoms with Crippen molar-refractivity contribution in [2.75, 3.05) is 0 Å². The number of nitrogens with zero attached hydrogens (tertiary/aromatic N) is 1. The Morgan fingerprint density at radius 2 is 2.45 bits per heavy atom. The Morgan fingerprint density at radius 1 is 1.73 bits per heavy atom. The number of ether oxygens (including phenoxy) is 1. The molecule has 3 atom stereocenters. The minimum Gasteiger partial charge on any atom is -0.352 e. The van der Waals surface area contributed by atoms with E-state index in [9.17, 15) is 4.79 Å². The lowest BCUT2D eigenvalue weighted by Crippen LogP contribution is -2.11. The number of hydrogen-bond donors (Lipinski definition) is 0. The lowest BCUT2D eigenvalue weighted by atomic mass is 10.0. The van der Waals surface area contributed by atoms with Crippen LogP contribution in [0.4, 0.5) is 0 Å². The van der Waals surface area contributed by atoms with E-state index < -0.39 is 0 Å². The highest BCUT2D eigenvalue weighted by molar-refractivity contribution is 5.33. The lowest BCUT2D eigenvalue weighted by Gasteiger charge is -2.09. The van der Waals surface area contributed by atoms with Gasteiger partial charge in [-0.3, -0.25) is 0 Å². The molecule has 3 heteroatoms. The molecule has 0 aliphatic carbocycles. The summed E-state index contributed by atoms with van der Waals surface area (Å²) in [6.07, 6.45) is 3.42. The summed E-state index contributed by atoms with van der Waals surface area (Å²) in [5, 5.41) is 0. The maximum atomic E-state index is 9.89. The summed E-state index contributed by atoms with van der Waals surface area (Å²) in [5.74, 6) is 0.516. The first-order chi connectivity index (χ1) is 5.27. The van der Waals surface area contributed by atoms with Crippen LogP contribution >= 0.6 is 0 Å². The zero-order chi connectivity index (χ0) is 8.27. The molecule has 0 aromatic heterocycles. The van der Waals surface area contributed by atoms with Crippen LogP contribution in [0.25, 0.3) is 0 Å². The minimum atomic E-state index is -0.229. The predicted octanol–water partition coefficient (Wildman–Crippen LogP) is 1.48. The number of carbonyl (C=O) groups excluding carboxylic acids is 1. The van der Waals surface area contributed by atoms with E-state index in [4.69, 9.17) is 4.74 Å². The minimum absolute atomic E-state index is 0.229. The van der Waals surface area contributed by atoms with Gasteiger partial charge in [0.15, 0.2) is 6.23 Å². The molecule has 1 saturated heterocycles. The van der Waals surface area contributed by atoms with Crippen LogP contribution in [0.15, 0.2) is 4.99 Å². The van der Waals surface area contributed by atoms with Crippen molar-refractivity contribution in [3.8, 4) is 0 Å². The Bertz CT molecular complexity index is 175. The zero-order valence-corrected chi connectivity index (χ0v) is 6.91. The fraction of sp³-hybridized carbons (Fsp3) is 0.875. The van der Waals surface area contributed by atoms with Crippen molar-refractivity contribution in [1.82, 2.24) is 0 Å². The van der Waals surface area contributed by atoms with Crippen LogP contribution in [0.1, 0.15) is 26.7 Å². The van der Waals surface area contributed by atoms with E-state index in [0.29, 0.717) is 5.92 Å². The summed E-state index contributed by atoms with van der Waals surface area (Å²) >= 11 is 0. The highest BCUT2D eigenvalue weighted by atomic mass is 16.5. The van der Waals surface area contributed by atoms with Crippen LogP contribution in [-0.4, -0.2) is 18.4 Å². The molecule has 62 valence electrons. The molecule has 1 heterocycles. The molecular formula is C8H13NO2. The monoisotopic (exact) mass is 155 g/mol. The van der Waals surface area contributed by atoms with Gasteiger partial charge < -0.3 is 4.74 Å². The maximum Gasteiger partial charge on any atom is 0.237 e. The molecule has 1 rings (SSSR count). The van der Waals surface area contributed by atoms with Gasteiger partial charge in [-0.05, 0) is 18.8 Å². The van der Waals surface area contributed by atoms with Crippen molar-refractivity contribution in [3.63, 3.8) is 0 Å². The first-order valence-electron chi connectivity index (χ1n) is 4.00. The van der Waals surface area contributed by atoms with Crippen molar-refractivity contribution in [3.05, 3.63) is 0 Å². The maximum absolute atomic E-state index is 9.89. The quantitative estimate of drug-likeness (QED) is 0.447. The van der Waals surface area contributed by atoms with Crippen molar-refractivity contribution in [2.24, 2.45) is 10.9 Å². The normalized spacial score (nSPS) is 36.7. The Hall–Kier alpha value is -0.660. The molecule has 1 aliphatic heterocycles. The van der Waals surface area contributed by atoms with Crippen LogP contribution in [0, 0.1) is 5.92 Å². The molecule has 0 radical (unpaired) electrons. The standard InChI is InChI=1S/C8H13NO2/c1-3-7-6(2)4-8(11-7)9-5-10/h6-8H,3-4H2,1-2H3/t6-,7-,8-/m1/s1. The molecule has 3 nitrogen and oxygen atoms in total. The average Bonchev–Trinajstić information content (AvgIpc) is 2.32. The van der Waals surface area contributed by atoms with E-state index in [2.05, 4.69) is 18.8 Å². The molecular weight excluding hydrogens is 142 g/mol. The highest BCUT2D eigenvalue weighted by Gasteiger charge is 2.30. The molecule has 11 heavy (non-hydrogen) atoms. The molecule has 0 amide bonds. The first kappa shape index (κ1) is 8.44. The second-order valence-electron chi connectivity index (χ2n) is 2.97.